The molecule has 3 aromatic carbocycles. The topological polar surface area (TPSA) is 111 Å². The maximum absolute atomic E-state index is 12.0. The Labute approximate surface area is 171 Å². The summed E-state index contributed by atoms with van der Waals surface area (Å²) in [7, 11) is 0. The van der Waals surface area contributed by atoms with Gasteiger partial charge in [0, 0.05) is 11.1 Å². The summed E-state index contributed by atoms with van der Waals surface area (Å²) in [5, 5.41) is 33.4. The summed E-state index contributed by atoms with van der Waals surface area (Å²) >= 11 is 5.77. The predicted molar refractivity (Wildman–Crippen MR) is 109 cm³/mol. The van der Waals surface area contributed by atoms with Gasteiger partial charge in [0.1, 0.15) is 12.4 Å². The molecule has 0 aliphatic carbocycles. The molecule has 7 nitrogen and oxygen atoms in total. The van der Waals surface area contributed by atoms with E-state index in [1.807, 2.05) is 30.3 Å². The monoisotopic (exact) mass is 412 g/mol. The van der Waals surface area contributed by atoms with E-state index in [9.17, 15) is 20.1 Å². The van der Waals surface area contributed by atoms with Crippen LogP contribution in [-0.2, 0) is 6.61 Å². The van der Waals surface area contributed by atoms with Gasteiger partial charge in [0.15, 0.2) is 11.5 Å². The molecular weight excluding hydrogens is 396 g/mol. The molecule has 0 radical (unpaired) electrons. The molecule has 0 fully saturated rings. The van der Waals surface area contributed by atoms with E-state index < -0.39 is 5.91 Å². The van der Waals surface area contributed by atoms with Crippen LogP contribution in [0.25, 0.3) is 0 Å². The van der Waals surface area contributed by atoms with Crippen molar-refractivity contribution in [1.82, 2.24) is 5.43 Å². The number of nitrogens with zero attached hydrogens (tertiary/aromatic N) is 1. The van der Waals surface area contributed by atoms with Gasteiger partial charge in [-0.2, -0.15) is 5.10 Å². The average Bonchev–Trinajstić information content (AvgIpc) is 2.70. The fourth-order valence-electron chi connectivity index (χ4n) is 2.45. The van der Waals surface area contributed by atoms with E-state index in [4.69, 9.17) is 16.3 Å². The molecule has 0 saturated heterocycles. The largest absolute Gasteiger partial charge is 0.506 e. The van der Waals surface area contributed by atoms with Crippen molar-refractivity contribution in [2.45, 2.75) is 6.61 Å². The molecule has 0 heterocycles. The molecule has 0 atom stereocenters. The lowest BCUT2D eigenvalue weighted by Crippen LogP contribution is -2.17. The highest BCUT2D eigenvalue weighted by Crippen LogP contribution is 2.37. The first-order valence-electron chi connectivity index (χ1n) is 8.48. The van der Waals surface area contributed by atoms with Crippen LogP contribution < -0.4 is 10.2 Å². The summed E-state index contributed by atoms with van der Waals surface area (Å²) in [5.74, 6) is -1.25. The van der Waals surface area contributed by atoms with Gasteiger partial charge in [-0.3, -0.25) is 4.79 Å². The van der Waals surface area contributed by atoms with Crippen LogP contribution in [0.2, 0.25) is 5.02 Å². The minimum Gasteiger partial charge on any atom is -0.506 e. The second-order valence-corrected chi connectivity index (χ2v) is 6.44. The van der Waals surface area contributed by atoms with Gasteiger partial charge in [0.25, 0.3) is 5.91 Å². The third kappa shape index (κ3) is 5.18. The molecule has 0 aliphatic rings. The second-order valence-electron chi connectivity index (χ2n) is 6.03. The zero-order valence-corrected chi connectivity index (χ0v) is 15.8. The number of phenolic OH excluding ortho intramolecular Hbond substituents is 3. The molecule has 0 saturated carbocycles. The van der Waals surface area contributed by atoms with E-state index >= 15 is 0 Å². The molecule has 4 N–H and O–H groups in total. The number of nitrogens with one attached hydrogen (secondary N) is 1. The van der Waals surface area contributed by atoms with E-state index in [-0.39, 0.29) is 40.2 Å². The zero-order valence-electron chi connectivity index (χ0n) is 15.0. The summed E-state index contributed by atoms with van der Waals surface area (Å²) < 4.78 is 5.48. The van der Waals surface area contributed by atoms with Crippen molar-refractivity contribution >= 4 is 23.7 Å². The highest BCUT2D eigenvalue weighted by molar-refractivity contribution is 6.32. The summed E-state index contributed by atoms with van der Waals surface area (Å²) in [6.07, 6.45) is 1.25. The van der Waals surface area contributed by atoms with Gasteiger partial charge in [0.2, 0.25) is 5.75 Å². The molecule has 0 aliphatic heterocycles. The van der Waals surface area contributed by atoms with Gasteiger partial charge < -0.3 is 20.1 Å². The second kappa shape index (κ2) is 8.99. The standard InChI is InChI=1S/C21H17ClN2O5/c22-16-10-15(6-7-17(16)25)21(28)24-23-11-14-8-18(26)20(19(27)9-14)29-12-13-4-2-1-3-5-13/h1-11,25-27H,12H2,(H,24,28)/b23-11+. The van der Waals surface area contributed by atoms with E-state index in [0.717, 1.165) is 5.56 Å². The third-order valence-corrected chi connectivity index (χ3v) is 4.19. The maximum atomic E-state index is 12.0. The van der Waals surface area contributed by atoms with Crippen LogP contribution in [-0.4, -0.2) is 27.4 Å². The molecule has 0 aromatic heterocycles. The van der Waals surface area contributed by atoms with Crippen molar-refractivity contribution in [2.24, 2.45) is 5.10 Å². The van der Waals surface area contributed by atoms with Gasteiger partial charge in [-0.05, 0) is 35.9 Å². The SMILES string of the molecule is O=C(N/N=C/c1cc(O)c(OCc2ccccc2)c(O)c1)c1ccc(O)c(Cl)c1. The molecule has 148 valence electrons. The van der Waals surface area contributed by atoms with Crippen LogP contribution in [0, 0.1) is 0 Å². The van der Waals surface area contributed by atoms with E-state index in [0.29, 0.717) is 5.56 Å². The highest BCUT2D eigenvalue weighted by Gasteiger charge is 2.11. The minimum absolute atomic E-state index is 0.0440. The summed E-state index contributed by atoms with van der Waals surface area (Å²) in [6.45, 7) is 0.181. The van der Waals surface area contributed by atoms with Crippen LogP contribution in [0.5, 0.6) is 23.0 Å². The lowest BCUT2D eigenvalue weighted by Gasteiger charge is -2.10. The number of amides is 1. The molecule has 29 heavy (non-hydrogen) atoms. The Morgan fingerprint density at radius 3 is 2.34 bits per heavy atom. The number of benzene rings is 3. The molecule has 3 rings (SSSR count). The Morgan fingerprint density at radius 2 is 1.69 bits per heavy atom. The quantitative estimate of drug-likeness (QED) is 0.363. The Morgan fingerprint density at radius 1 is 1.00 bits per heavy atom. The molecule has 1 amide bonds. The number of rotatable bonds is 6. The van der Waals surface area contributed by atoms with Crippen LogP contribution in [0.15, 0.2) is 65.8 Å². The first kappa shape index (κ1) is 20.0. The Hall–Kier alpha value is -3.71. The smallest absolute Gasteiger partial charge is 0.271 e. The van der Waals surface area contributed by atoms with E-state index in [2.05, 4.69) is 10.5 Å². The highest BCUT2D eigenvalue weighted by atomic mass is 35.5. The fraction of sp³-hybridized carbons (Fsp3) is 0.0476. The number of halogens is 1. The fourth-order valence-corrected chi connectivity index (χ4v) is 2.63. The number of hydrazone groups is 1. The molecule has 0 spiro atoms. The normalized spacial score (nSPS) is 10.8. The lowest BCUT2D eigenvalue weighted by molar-refractivity contribution is 0.0955. The van der Waals surface area contributed by atoms with Crippen LogP contribution >= 0.6 is 11.6 Å². The minimum atomic E-state index is -0.542. The van der Waals surface area contributed by atoms with Crippen molar-refractivity contribution in [3.63, 3.8) is 0 Å². The van der Waals surface area contributed by atoms with Crippen molar-refractivity contribution in [3.05, 3.63) is 82.4 Å². The summed E-state index contributed by atoms with van der Waals surface area (Å²) in [6, 6.07) is 16.0. The maximum Gasteiger partial charge on any atom is 0.271 e. The van der Waals surface area contributed by atoms with Crippen molar-refractivity contribution in [3.8, 4) is 23.0 Å². The van der Waals surface area contributed by atoms with Gasteiger partial charge in [-0.1, -0.05) is 41.9 Å². The Bertz CT molecular complexity index is 1030. The Kier molecular flexibility index (Phi) is 6.21. The number of phenols is 3. The van der Waals surface area contributed by atoms with Crippen molar-refractivity contribution < 1.29 is 24.9 Å². The lowest BCUT2D eigenvalue weighted by atomic mass is 10.2. The number of carbonyl (C=O) groups excluding carboxylic acids is 1. The van der Waals surface area contributed by atoms with E-state index in [1.54, 1.807) is 0 Å². The number of aromatic hydroxyl groups is 3. The first-order chi connectivity index (χ1) is 13.9. The van der Waals surface area contributed by atoms with Crippen LogP contribution in [0.4, 0.5) is 0 Å². The number of ether oxygens (including phenoxy) is 1. The molecule has 3 aromatic rings. The van der Waals surface area contributed by atoms with Gasteiger partial charge in [0.05, 0.1) is 11.2 Å². The van der Waals surface area contributed by atoms with Crippen molar-refractivity contribution in [1.29, 1.82) is 0 Å². The van der Waals surface area contributed by atoms with E-state index in [1.165, 1.54) is 36.5 Å². The third-order valence-electron chi connectivity index (χ3n) is 3.89. The van der Waals surface area contributed by atoms with Gasteiger partial charge in [-0.15, -0.1) is 0 Å². The number of hydrogen-bond acceptors (Lipinski definition) is 6. The molecule has 0 bridgehead atoms. The number of carbonyl (C=O) groups is 1. The summed E-state index contributed by atoms with van der Waals surface area (Å²) in [4.78, 5) is 12.0. The number of hydrogen-bond donors (Lipinski definition) is 4. The predicted octanol–water partition coefficient (Wildman–Crippen LogP) is 3.80. The first-order valence-corrected chi connectivity index (χ1v) is 8.86. The Balaban J connectivity index is 1.65. The van der Waals surface area contributed by atoms with Gasteiger partial charge in [-0.25, -0.2) is 5.43 Å². The molecule has 0 unspecified atom stereocenters. The van der Waals surface area contributed by atoms with Crippen molar-refractivity contribution in [2.75, 3.05) is 0 Å². The molecular formula is C21H17ClN2O5. The molecule has 8 heteroatoms. The summed E-state index contributed by atoms with van der Waals surface area (Å²) in [5.41, 5.74) is 3.73. The van der Waals surface area contributed by atoms with Gasteiger partial charge >= 0.3 is 0 Å². The zero-order chi connectivity index (χ0) is 20.8. The van der Waals surface area contributed by atoms with Crippen LogP contribution in [0.3, 0.4) is 0 Å². The van der Waals surface area contributed by atoms with Crippen LogP contribution in [0.1, 0.15) is 21.5 Å². The average molecular weight is 413 g/mol.